The fourth-order valence-corrected chi connectivity index (χ4v) is 6.38. The molecule has 8 heteroatoms. The Balaban J connectivity index is 1.31. The Hall–Kier alpha value is -2.87. The van der Waals surface area contributed by atoms with Crippen LogP contribution in [0.1, 0.15) is 44.1 Å². The van der Waals surface area contributed by atoms with Gasteiger partial charge in [0.05, 0.1) is 6.54 Å². The summed E-state index contributed by atoms with van der Waals surface area (Å²) in [5.41, 5.74) is 1.13. The minimum Gasteiger partial charge on any atom is -0.489 e. The highest BCUT2D eigenvalue weighted by molar-refractivity contribution is 5.79. The molecule has 0 radical (unpaired) electrons. The zero-order valence-corrected chi connectivity index (χ0v) is 21.8. The first-order valence-electron chi connectivity index (χ1n) is 14.0. The summed E-state index contributed by atoms with van der Waals surface area (Å²) in [5, 5.41) is 0. The summed E-state index contributed by atoms with van der Waals surface area (Å²) < 4.78 is 6.19. The molecule has 0 unspecified atom stereocenters. The lowest BCUT2D eigenvalue weighted by Gasteiger charge is -2.40. The number of amides is 3. The topological polar surface area (TPSA) is 73.4 Å². The Labute approximate surface area is 220 Å². The molecule has 0 spiro atoms. The van der Waals surface area contributed by atoms with Gasteiger partial charge in [-0.15, -0.1) is 0 Å². The number of carbonyl (C=O) groups is 3. The smallest absolute Gasteiger partial charge is 0.236 e. The molecule has 4 aliphatic rings. The fourth-order valence-electron chi connectivity index (χ4n) is 6.38. The van der Waals surface area contributed by atoms with Crippen molar-refractivity contribution in [1.82, 2.24) is 19.6 Å². The Morgan fingerprint density at radius 2 is 1.78 bits per heavy atom. The van der Waals surface area contributed by atoms with Crippen LogP contribution in [-0.2, 0) is 20.9 Å². The van der Waals surface area contributed by atoms with Crippen molar-refractivity contribution in [2.45, 2.75) is 51.1 Å². The number of benzene rings is 1. The lowest BCUT2D eigenvalue weighted by molar-refractivity contribution is -0.138. The van der Waals surface area contributed by atoms with Crippen LogP contribution in [0, 0.1) is 11.8 Å². The van der Waals surface area contributed by atoms with Gasteiger partial charge in [-0.05, 0) is 37.2 Å². The van der Waals surface area contributed by atoms with E-state index >= 15 is 0 Å². The first kappa shape index (κ1) is 25.8. The van der Waals surface area contributed by atoms with Crippen molar-refractivity contribution in [2.75, 3.05) is 52.4 Å². The summed E-state index contributed by atoms with van der Waals surface area (Å²) in [6.07, 6.45) is 11.1. The Kier molecular flexibility index (Phi) is 8.44. The number of hydrogen-bond acceptors (Lipinski definition) is 5. The molecular weight excluding hydrogens is 468 g/mol. The molecule has 5 rings (SSSR count). The van der Waals surface area contributed by atoms with Crippen LogP contribution in [0.25, 0.3) is 0 Å². The van der Waals surface area contributed by atoms with E-state index in [2.05, 4.69) is 23.1 Å². The van der Waals surface area contributed by atoms with Crippen LogP contribution in [0.2, 0.25) is 0 Å². The van der Waals surface area contributed by atoms with E-state index in [-0.39, 0.29) is 23.7 Å². The van der Waals surface area contributed by atoms with Gasteiger partial charge in [-0.2, -0.15) is 0 Å². The molecule has 1 saturated carbocycles. The van der Waals surface area contributed by atoms with E-state index in [0.717, 1.165) is 43.5 Å². The summed E-state index contributed by atoms with van der Waals surface area (Å²) >= 11 is 0. The Morgan fingerprint density at radius 3 is 2.57 bits per heavy atom. The van der Waals surface area contributed by atoms with Crippen molar-refractivity contribution in [3.8, 4) is 5.75 Å². The minimum atomic E-state index is 0.123. The molecule has 3 heterocycles. The highest BCUT2D eigenvalue weighted by Gasteiger charge is 2.34. The molecule has 1 aromatic rings. The van der Waals surface area contributed by atoms with E-state index in [0.29, 0.717) is 64.9 Å². The SMILES string of the molecule is O=CN1CCN(C(=O)C[C@@H]2CCN3C[C@@H]2/C=C/COc2ccccc2CN(C2CCCC2)CC3=O)CC1. The lowest BCUT2D eigenvalue weighted by atomic mass is 9.82. The normalized spacial score (nSPS) is 26.9. The van der Waals surface area contributed by atoms with Gasteiger partial charge in [0.2, 0.25) is 18.2 Å². The Bertz CT molecular complexity index is 984. The van der Waals surface area contributed by atoms with Gasteiger partial charge in [0.15, 0.2) is 0 Å². The van der Waals surface area contributed by atoms with Crippen molar-refractivity contribution < 1.29 is 19.1 Å². The van der Waals surface area contributed by atoms with Crippen molar-refractivity contribution in [3.63, 3.8) is 0 Å². The summed E-state index contributed by atoms with van der Waals surface area (Å²) in [6, 6.07) is 8.61. The molecule has 1 aliphatic carbocycles. The van der Waals surface area contributed by atoms with Gasteiger partial charge in [0.25, 0.3) is 0 Å². The molecule has 2 saturated heterocycles. The number of para-hydroxylation sites is 1. The molecule has 3 fully saturated rings. The van der Waals surface area contributed by atoms with Crippen LogP contribution in [0.3, 0.4) is 0 Å². The van der Waals surface area contributed by atoms with Crippen LogP contribution in [0.5, 0.6) is 5.75 Å². The van der Waals surface area contributed by atoms with Crippen LogP contribution in [0.4, 0.5) is 0 Å². The zero-order valence-electron chi connectivity index (χ0n) is 21.8. The van der Waals surface area contributed by atoms with Crippen molar-refractivity contribution in [1.29, 1.82) is 0 Å². The first-order valence-corrected chi connectivity index (χ1v) is 14.0. The number of nitrogens with zero attached hydrogens (tertiary/aromatic N) is 4. The van der Waals surface area contributed by atoms with Crippen LogP contribution in [-0.4, -0.2) is 96.3 Å². The predicted octanol–water partition coefficient (Wildman–Crippen LogP) is 2.54. The lowest BCUT2D eigenvalue weighted by Crippen LogP contribution is -2.51. The second kappa shape index (κ2) is 12.1. The third-order valence-corrected chi connectivity index (χ3v) is 8.66. The molecule has 0 N–H and O–H groups in total. The molecular formula is C29H40N4O4. The second-order valence-corrected chi connectivity index (χ2v) is 11.0. The zero-order chi connectivity index (χ0) is 25.6. The van der Waals surface area contributed by atoms with E-state index in [1.807, 2.05) is 28.0 Å². The molecule has 2 bridgehead atoms. The van der Waals surface area contributed by atoms with Crippen LogP contribution >= 0.6 is 0 Å². The number of ether oxygens (including phenoxy) is 1. The molecule has 0 aromatic heterocycles. The molecule has 3 amide bonds. The maximum absolute atomic E-state index is 13.6. The number of hydrogen-bond donors (Lipinski definition) is 0. The number of piperazine rings is 1. The predicted molar refractivity (Wildman–Crippen MR) is 141 cm³/mol. The third kappa shape index (κ3) is 6.35. The quantitative estimate of drug-likeness (QED) is 0.462. The van der Waals surface area contributed by atoms with E-state index in [9.17, 15) is 14.4 Å². The third-order valence-electron chi connectivity index (χ3n) is 8.66. The molecule has 200 valence electrons. The molecule has 2 atom stereocenters. The van der Waals surface area contributed by atoms with Gasteiger partial charge in [-0.3, -0.25) is 19.3 Å². The molecule has 3 aliphatic heterocycles. The van der Waals surface area contributed by atoms with Gasteiger partial charge in [0, 0.05) is 63.8 Å². The number of rotatable bonds is 4. The maximum Gasteiger partial charge on any atom is 0.236 e. The van der Waals surface area contributed by atoms with Gasteiger partial charge < -0.3 is 19.4 Å². The summed E-state index contributed by atoms with van der Waals surface area (Å²) in [4.78, 5) is 45.7. The monoisotopic (exact) mass is 508 g/mol. The van der Waals surface area contributed by atoms with E-state index in [1.165, 1.54) is 12.8 Å². The van der Waals surface area contributed by atoms with Crippen molar-refractivity contribution in [2.24, 2.45) is 11.8 Å². The largest absolute Gasteiger partial charge is 0.489 e. The van der Waals surface area contributed by atoms with E-state index in [4.69, 9.17) is 4.74 Å². The number of fused-ring (bicyclic) bond motifs is 3. The van der Waals surface area contributed by atoms with Crippen molar-refractivity contribution >= 4 is 18.2 Å². The summed E-state index contributed by atoms with van der Waals surface area (Å²) in [7, 11) is 0. The van der Waals surface area contributed by atoms with Gasteiger partial charge in [-0.25, -0.2) is 0 Å². The van der Waals surface area contributed by atoms with E-state index < -0.39 is 0 Å². The van der Waals surface area contributed by atoms with E-state index in [1.54, 1.807) is 4.90 Å². The Morgan fingerprint density at radius 1 is 1.00 bits per heavy atom. The number of piperidine rings is 1. The highest BCUT2D eigenvalue weighted by atomic mass is 16.5. The average molecular weight is 509 g/mol. The average Bonchev–Trinajstić information content (AvgIpc) is 3.47. The highest BCUT2D eigenvalue weighted by Crippen LogP contribution is 2.31. The van der Waals surface area contributed by atoms with Crippen LogP contribution < -0.4 is 4.74 Å². The molecule has 37 heavy (non-hydrogen) atoms. The molecule has 8 nitrogen and oxygen atoms in total. The maximum atomic E-state index is 13.6. The van der Waals surface area contributed by atoms with Gasteiger partial charge in [-0.1, -0.05) is 43.2 Å². The standard InChI is InChI=1S/C29H40N4O4/c34-22-30-13-15-31(16-14-30)28(35)18-23-11-12-32-19-24(23)7-5-17-37-27-10-4-1-6-25(27)20-33(21-29(32)36)26-8-2-3-9-26/h1,4-7,10,22-24,26H,2-3,8-9,11-21H2/b7-5+/t23-,24-/m0/s1. The fraction of sp³-hybridized carbons (Fsp3) is 0.621. The summed E-state index contributed by atoms with van der Waals surface area (Å²) in [6.45, 7) is 5.37. The second-order valence-electron chi connectivity index (χ2n) is 11.0. The van der Waals surface area contributed by atoms with Crippen molar-refractivity contribution in [3.05, 3.63) is 42.0 Å². The number of carbonyl (C=O) groups excluding carboxylic acids is 3. The van der Waals surface area contributed by atoms with Crippen LogP contribution in [0.15, 0.2) is 36.4 Å². The summed E-state index contributed by atoms with van der Waals surface area (Å²) in [5.74, 6) is 1.55. The first-order chi connectivity index (χ1) is 18.1. The van der Waals surface area contributed by atoms with Gasteiger partial charge in [0.1, 0.15) is 12.4 Å². The van der Waals surface area contributed by atoms with Gasteiger partial charge >= 0.3 is 0 Å². The molecule has 1 aromatic carbocycles. The minimum absolute atomic E-state index is 0.123.